The molecule has 2 heterocycles. The number of hydrogen-bond acceptors (Lipinski definition) is 4. The van der Waals surface area contributed by atoms with E-state index >= 15 is 0 Å². The van der Waals surface area contributed by atoms with Crippen molar-refractivity contribution in [2.45, 2.75) is 31.9 Å². The summed E-state index contributed by atoms with van der Waals surface area (Å²) in [5.74, 6) is -0.378. The maximum absolute atomic E-state index is 12.4. The van der Waals surface area contributed by atoms with E-state index in [0.717, 1.165) is 12.0 Å². The van der Waals surface area contributed by atoms with Gasteiger partial charge in [-0.05, 0) is 31.4 Å². The Morgan fingerprint density at radius 3 is 2.90 bits per heavy atom. The highest BCUT2D eigenvalue weighted by Gasteiger charge is 2.41. The molecule has 0 aliphatic carbocycles. The van der Waals surface area contributed by atoms with Gasteiger partial charge in [0.15, 0.2) is 0 Å². The fourth-order valence-corrected chi connectivity index (χ4v) is 2.90. The van der Waals surface area contributed by atoms with E-state index in [1.807, 2.05) is 18.2 Å². The highest BCUT2D eigenvalue weighted by Crippen LogP contribution is 2.28. The second-order valence-electron chi connectivity index (χ2n) is 6.10. The molecule has 0 bridgehead atoms. The molecule has 1 fully saturated rings. The van der Waals surface area contributed by atoms with Gasteiger partial charge in [-0.2, -0.15) is 0 Å². The van der Waals surface area contributed by atoms with Crippen LogP contribution in [0.3, 0.4) is 0 Å². The van der Waals surface area contributed by atoms with E-state index in [1.165, 1.54) is 10.5 Å². The van der Waals surface area contributed by atoms with E-state index in [4.69, 9.17) is 4.74 Å². The van der Waals surface area contributed by atoms with E-state index in [0.29, 0.717) is 13.2 Å². The zero-order chi connectivity index (χ0) is 15.0. The number of carbonyl (C=O) groups is 2. The van der Waals surface area contributed by atoms with Gasteiger partial charge >= 0.3 is 0 Å². The number of fused-ring (bicyclic) bond motifs is 1. The van der Waals surface area contributed by atoms with Crippen LogP contribution in [0.1, 0.15) is 31.1 Å². The van der Waals surface area contributed by atoms with Crippen LogP contribution in [0.15, 0.2) is 24.3 Å². The molecule has 1 saturated heterocycles. The highest BCUT2D eigenvalue weighted by molar-refractivity contribution is 6.03. The fourth-order valence-electron chi connectivity index (χ4n) is 2.90. The zero-order valence-electron chi connectivity index (χ0n) is 12.4. The van der Waals surface area contributed by atoms with Gasteiger partial charge in [0.2, 0.25) is 11.8 Å². The van der Waals surface area contributed by atoms with Gasteiger partial charge in [0.1, 0.15) is 6.10 Å². The summed E-state index contributed by atoms with van der Waals surface area (Å²) >= 11 is 0. The number of amides is 2. The Bertz CT molecular complexity index is 583. The van der Waals surface area contributed by atoms with Crippen molar-refractivity contribution in [2.75, 3.05) is 19.7 Å². The average molecular weight is 288 g/mol. The molecule has 1 aromatic carbocycles. The first-order valence-electron chi connectivity index (χ1n) is 7.28. The summed E-state index contributed by atoms with van der Waals surface area (Å²) < 4.78 is 5.81. The van der Waals surface area contributed by atoms with Crippen LogP contribution >= 0.6 is 0 Å². The minimum atomic E-state index is -0.706. The Hall–Kier alpha value is -1.72. The summed E-state index contributed by atoms with van der Waals surface area (Å²) in [6, 6.07) is 8.06. The van der Waals surface area contributed by atoms with E-state index < -0.39 is 5.54 Å². The number of hydrogen-bond donors (Lipinski definition) is 1. The molecular formula is C16H20N2O3. The van der Waals surface area contributed by atoms with Gasteiger partial charge in [-0.25, -0.2) is 0 Å². The summed E-state index contributed by atoms with van der Waals surface area (Å²) in [5, 5.41) is 2.96. The SMILES string of the molecule is CC1(C)NCC(=O)N(CC2OCCc3ccccc32)C1=O. The van der Waals surface area contributed by atoms with Crippen LogP contribution in [-0.4, -0.2) is 41.9 Å². The number of nitrogens with one attached hydrogen (secondary N) is 1. The lowest BCUT2D eigenvalue weighted by Gasteiger charge is -2.39. The average Bonchev–Trinajstić information content (AvgIpc) is 2.48. The van der Waals surface area contributed by atoms with Crippen LogP contribution in [0.25, 0.3) is 0 Å². The molecule has 0 saturated carbocycles. The fraction of sp³-hybridized carbons (Fsp3) is 0.500. The summed E-state index contributed by atoms with van der Waals surface area (Å²) in [4.78, 5) is 25.8. The van der Waals surface area contributed by atoms with Crippen LogP contribution in [0.4, 0.5) is 0 Å². The van der Waals surface area contributed by atoms with Gasteiger partial charge in [-0.15, -0.1) is 0 Å². The zero-order valence-corrected chi connectivity index (χ0v) is 12.4. The molecule has 3 rings (SSSR count). The van der Waals surface area contributed by atoms with Crippen molar-refractivity contribution in [3.63, 3.8) is 0 Å². The van der Waals surface area contributed by atoms with Crippen molar-refractivity contribution in [2.24, 2.45) is 0 Å². The molecule has 1 atom stereocenters. The molecule has 0 aromatic heterocycles. The van der Waals surface area contributed by atoms with Crippen molar-refractivity contribution >= 4 is 11.8 Å². The first kappa shape index (κ1) is 14.2. The lowest BCUT2D eigenvalue weighted by atomic mass is 9.95. The Kier molecular flexibility index (Phi) is 3.55. The topological polar surface area (TPSA) is 58.6 Å². The normalized spacial score (nSPS) is 24.9. The first-order valence-corrected chi connectivity index (χ1v) is 7.28. The molecule has 2 aliphatic rings. The molecule has 5 heteroatoms. The molecule has 1 aromatic rings. The minimum Gasteiger partial charge on any atom is -0.371 e. The van der Waals surface area contributed by atoms with Crippen molar-refractivity contribution in [3.05, 3.63) is 35.4 Å². The van der Waals surface area contributed by atoms with E-state index in [-0.39, 0.29) is 24.5 Å². The number of ether oxygens (including phenoxy) is 1. The quantitative estimate of drug-likeness (QED) is 0.826. The van der Waals surface area contributed by atoms with Crippen molar-refractivity contribution in [1.82, 2.24) is 10.2 Å². The van der Waals surface area contributed by atoms with Gasteiger partial charge in [0.05, 0.1) is 25.2 Å². The Morgan fingerprint density at radius 2 is 2.10 bits per heavy atom. The van der Waals surface area contributed by atoms with Crippen molar-refractivity contribution in [1.29, 1.82) is 0 Å². The van der Waals surface area contributed by atoms with E-state index in [9.17, 15) is 9.59 Å². The first-order chi connectivity index (χ1) is 9.99. The van der Waals surface area contributed by atoms with Crippen LogP contribution in [-0.2, 0) is 20.7 Å². The maximum Gasteiger partial charge on any atom is 0.249 e. The largest absolute Gasteiger partial charge is 0.371 e. The molecule has 0 spiro atoms. The number of nitrogens with zero attached hydrogens (tertiary/aromatic N) is 1. The Labute approximate surface area is 124 Å². The molecule has 1 N–H and O–H groups in total. The number of carbonyl (C=O) groups excluding carboxylic acids is 2. The summed E-state index contributed by atoms with van der Waals surface area (Å²) in [6.07, 6.45) is 0.651. The Balaban J connectivity index is 1.83. The van der Waals surface area contributed by atoms with Gasteiger partial charge in [-0.3, -0.25) is 19.8 Å². The van der Waals surface area contributed by atoms with Crippen LogP contribution < -0.4 is 5.32 Å². The van der Waals surface area contributed by atoms with Crippen LogP contribution in [0.2, 0.25) is 0 Å². The van der Waals surface area contributed by atoms with Gasteiger partial charge in [0, 0.05) is 0 Å². The van der Waals surface area contributed by atoms with Crippen molar-refractivity contribution in [3.8, 4) is 0 Å². The number of rotatable bonds is 2. The van der Waals surface area contributed by atoms with Crippen LogP contribution in [0.5, 0.6) is 0 Å². The molecule has 0 radical (unpaired) electrons. The molecule has 5 nitrogen and oxygen atoms in total. The standard InChI is InChI=1S/C16H20N2O3/c1-16(2)15(20)18(14(19)9-17-16)10-13-12-6-4-3-5-11(12)7-8-21-13/h3-6,13,17H,7-10H2,1-2H3. The third-order valence-corrected chi connectivity index (χ3v) is 4.20. The van der Waals surface area contributed by atoms with E-state index in [2.05, 4.69) is 11.4 Å². The van der Waals surface area contributed by atoms with Gasteiger partial charge in [0.25, 0.3) is 0 Å². The predicted molar refractivity (Wildman–Crippen MR) is 77.6 cm³/mol. The number of piperazine rings is 1. The molecule has 2 aliphatic heterocycles. The van der Waals surface area contributed by atoms with Crippen LogP contribution in [0, 0.1) is 0 Å². The number of imide groups is 1. The Morgan fingerprint density at radius 1 is 1.33 bits per heavy atom. The second kappa shape index (κ2) is 5.24. The molecule has 112 valence electrons. The predicted octanol–water partition coefficient (Wildman–Crippen LogP) is 1.04. The second-order valence-corrected chi connectivity index (χ2v) is 6.10. The van der Waals surface area contributed by atoms with Crippen molar-refractivity contribution < 1.29 is 14.3 Å². The highest BCUT2D eigenvalue weighted by atomic mass is 16.5. The summed E-state index contributed by atoms with van der Waals surface area (Å²) in [5.41, 5.74) is 1.62. The van der Waals surface area contributed by atoms with E-state index in [1.54, 1.807) is 13.8 Å². The smallest absolute Gasteiger partial charge is 0.249 e. The monoisotopic (exact) mass is 288 g/mol. The third kappa shape index (κ3) is 2.59. The molecular weight excluding hydrogens is 268 g/mol. The minimum absolute atomic E-state index is 0.188. The molecule has 21 heavy (non-hydrogen) atoms. The molecule has 2 amide bonds. The summed E-state index contributed by atoms with van der Waals surface area (Å²) in [6.45, 7) is 4.70. The third-order valence-electron chi connectivity index (χ3n) is 4.20. The lowest BCUT2D eigenvalue weighted by molar-refractivity contribution is -0.155. The van der Waals surface area contributed by atoms with Gasteiger partial charge in [-0.1, -0.05) is 24.3 Å². The summed E-state index contributed by atoms with van der Waals surface area (Å²) in [7, 11) is 0. The van der Waals surface area contributed by atoms with Gasteiger partial charge < -0.3 is 4.74 Å². The lowest BCUT2D eigenvalue weighted by Crippen LogP contribution is -2.64. The number of benzene rings is 1. The molecule has 1 unspecified atom stereocenters. The maximum atomic E-state index is 12.4.